The van der Waals surface area contributed by atoms with Crippen LogP contribution in [-0.4, -0.2) is 51.6 Å². The van der Waals surface area contributed by atoms with Crippen LogP contribution in [0.3, 0.4) is 0 Å². The molecule has 2 aliphatic heterocycles. The van der Waals surface area contributed by atoms with E-state index >= 15 is 0 Å². The van der Waals surface area contributed by atoms with Gasteiger partial charge in [0, 0.05) is 31.0 Å². The largest absolute Gasteiger partial charge is 0.444 e. The Labute approximate surface area is 263 Å². The van der Waals surface area contributed by atoms with Crippen molar-refractivity contribution in [2.75, 3.05) is 23.3 Å². The second-order valence-electron chi connectivity index (χ2n) is 13.0. The summed E-state index contributed by atoms with van der Waals surface area (Å²) in [6.07, 6.45) is 3.27. The van der Waals surface area contributed by atoms with Crippen LogP contribution in [0, 0.1) is 5.82 Å². The highest BCUT2D eigenvalue weighted by atomic mass is 19.1. The number of hydrogen-bond acceptors (Lipinski definition) is 6. The monoisotopic (exact) mass is 612 g/mol. The van der Waals surface area contributed by atoms with Gasteiger partial charge in [-0.15, -0.1) is 0 Å². The molecular formula is C35H41FN6O3. The molecule has 2 aliphatic rings. The third-order valence-corrected chi connectivity index (χ3v) is 8.30. The van der Waals surface area contributed by atoms with Crippen LogP contribution in [-0.2, 0) is 22.6 Å². The number of H-pyrrole nitrogens is 1. The van der Waals surface area contributed by atoms with Crippen molar-refractivity contribution < 1.29 is 18.7 Å². The number of nitrogens with zero attached hydrogens (tertiary/aromatic N) is 3. The summed E-state index contributed by atoms with van der Waals surface area (Å²) in [5, 5.41) is 6.23. The molecule has 2 amide bonds. The van der Waals surface area contributed by atoms with E-state index in [-0.39, 0.29) is 29.9 Å². The van der Waals surface area contributed by atoms with E-state index in [1.165, 1.54) is 12.1 Å². The maximum Gasteiger partial charge on any atom is 0.410 e. The summed E-state index contributed by atoms with van der Waals surface area (Å²) in [7, 11) is 0. The van der Waals surface area contributed by atoms with Gasteiger partial charge in [-0.2, -0.15) is 0 Å². The number of halogens is 1. The topological polar surface area (TPSA) is 103 Å². The van der Waals surface area contributed by atoms with Crippen LogP contribution in [0.25, 0.3) is 11.0 Å². The summed E-state index contributed by atoms with van der Waals surface area (Å²) >= 11 is 0. The Balaban J connectivity index is 1.18. The molecule has 2 atom stereocenters. The van der Waals surface area contributed by atoms with Crippen LogP contribution in [0.5, 0.6) is 0 Å². The van der Waals surface area contributed by atoms with Gasteiger partial charge in [-0.1, -0.05) is 18.2 Å². The molecule has 45 heavy (non-hydrogen) atoms. The lowest BCUT2D eigenvalue weighted by Crippen LogP contribution is -2.36. The molecule has 1 aromatic heterocycles. The van der Waals surface area contributed by atoms with E-state index in [1.54, 1.807) is 17.0 Å². The number of imidazole rings is 1. The second-order valence-corrected chi connectivity index (χ2v) is 13.0. The lowest BCUT2D eigenvalue weighted by molar-refractivity contribution is -0.117. The number of carbonyl (C=O) groups excluding carboxylic acids is 2. The Morgan fingerprint density at radius 2 is 1.73 bits per heavy atom. The van der Waals surface area contributed by atoms with Crippen molar-refractivity contribution in [1.29, 1.82) is 0 Å². The molecular weight excluding hydrogens is 571 g/mol. The standard InChI is InChI=1S/C35H41FN6O3/c1-35(2,3)45-34(44)42-19-5-7-31(42)32-39-28-17-10-24(20-30(28)40-32)22-41(27-15-11-25(36)12-16-27)21-23-8-13-26(14-9-23)38-33(43)29-6-4-18-37-29/h8-17,20,29,31,37H,4-7,18-19,21-22H2,1-3H3,(H,38,43)(H,39,40)/t29-,31-/m0/s1. The van der Waals surface area contributed by atoms with Crippen molar-refractivity contribution in [3.8, 4) is 0 Å². The van der Waals surface area contributed by atoms with Crippen molar-refractivity contribution in [1.82, 2.24) is 20.2 Å². The van der Waals surface area contributed by atoms with Gasteiger partial charge in [0.2, 0.25) is 5.91 Å². The maximum absolute atomic E-state index is 13.8. The van der Waals surface area contributed by atoms with Gasteiger partial charge in [0.1, 0.15) is 17.2 Å². The maximum atomic E-state index is 13.8. The minimum atomic E-state index is -0.561. The van der Waals surface area contributed by atoms with Crippen LogP contribution >= 0.6 is 0 Å². The van der Waals surface area contributed by atoms with Crippen LogP contribution in [0.15, 0.2) is 66.7 Å². The predicted octanol–water partition coefficient (Wildman–Crippen LogP) is 6.67. The molecule has 10 heteroatoms. The van der Waals surface area contributed by atoms with E-state index in [4.69, 9.17) is 9.72 Å². The smallest absolute Gasteiger partial charge is 0.410 e. The number of likely N-dealkylation sites (tertiary alicyclic amines) is 1. The zero-order valence-corrected chi connectivity index (χ0v) is 26.1. The Kier molecular flexibility index (Phi) is 8.76. The molecule has 4 aromatic rings. The lowest BCUT2D eigenvalue weighted by Gasteiger charge is -2.27. The summed E-state index contributed by atoms with van der Waals surface area (Å²) in [4.78, 5) is 37.7. The van der Waals surface area contributed by atoms with Crippen molar-refractivity contribution in [2.24, 2.45) is 0 Å². The van der Waals surface area contributed by atoms with E-state index in [9.17, 15) is 14.0 Å². The van der Waals surface area contributed by atoms with E-state index < -0.39 is 5.60 Å². The van der Waals surface area contributed by atoms with Gasteiger partial charge in [-0.3, -0.25) is 9.69 Å². The first kappa shape index (κ1) is 30.6. The van der Waals surface area contributed by atoms with Gasteiger partial charge in [-0.05, 0) is 113 Å². The molecule has 0 radical (unpaired) electrons. The number of aromatic nitrogens is 2. The molecule has 2 saturated heterocycles. The Bertz CT molecular complexity index is 1640. The number of benzene rings is 3. The number of ether oxygens (including phenoxy) is 1. The highest BCUT2D eigenvalue weighted by Gasteiger charge is 2.35. The molecule has 3 heterocycles. The molecule has 3 N–H and O–H groups in total. The van der Waals surface area contributed by atoms with Crippen molar-refractivity contribution in [2.45, 2.75) is 77.2 Å². The number of nitrogens with one attached hydrogen (secondary N) is 3. The number of amides is 2. The fourth-order valence-electron chi connectivity index (χ4n) is 6.09. The molecule has 3 aromatic carbocycles. The average molecular weight is 613 g/mol. The van der Waals surface area contributed by atoms with Gasteiger partial charge in [0.05, 0.1) is 23.1 Å². The summed E-state index contributed by atoms with van der Waals surface area (Å²) in [6, 6.07) is 20.2. The summed E-state index contributed by atoms with van der Waals surface area (Å²) in [6.45, 7) is 8.30. The minimum absolute atomic E-state index is 0.00368. The van der Waals surface area contributed by atoms with Crippen LogP contribution in [0.4, 0.5) is 20.6 Å². The van der Waals surface area contributed by atoms with Crippen LogP contribution in [0.2, 0.25) is 0 Å². The SMILES string of the molecule is CC(C)(C)OC(=O)N1CCC[C@H]1c1nc2ccc(CN(Cc3ccc(NC(=O)[C@@H]4CCCN4)cc3)c3ccc(F)cc3)cc2[nH]1. The second kappa shape index (κ2) is 12.9. The predicted molar refractivity (Wildman–Crippen MR) is 173 cm³/mol. The van der Waals surface area contributed by atoms with Crippen molar-refractivity contribution in [3.05, 3.63) is 89.5 Å². The van der Waals surface area contributed by atoms with E-state index in [1.807, 2.05) is 51.1 Å². The Morgan fingerprint density at radius 1 is 1.00 bits per heavy atom. The first-order chi connectivity index (χ1) is 21.6. The third kappa shape index (κ3) is 7.45. The molecule has 0 unspecified atom stereocenters. The first-order valence-electron chi connectivity index (χ1n) is 15.7. The van der Waals surface area contributed by atoms with Crippen LogP contribution in [0.1, 0.15) is 69.4 Å². The van der Waals surface area contributed by atoms with Crippen LogP contribution < -0.4 is 15.5 Å². The van der Waals surface area contributed by atoms with Gasteiger partial charge >= 0.3 is 6.09 Å². The van der Waals surface area contributed by atoms with Gasteiger partial charge < -0.3 is 25.3 Å². The zero-order chi connectivity index (χ0) is 31.6. The quantitative estimate of drug-likeness (QED) is 0.205. The number of rotatable bonds is 8. The molecule has 0 bridgehead atoms. The number of carbonyl (C=O) groups is 2. The van der Waals surface area contributed by atoms with Gasteiger partial charge in [0.25, 0.3) is 0 Å². The number of fused-ring (bicyclic) bond motifs is 1. The number of hydrogen-bond donors (Lipinski definition) is 3. The minimum Gasteiger partial charge on any atom is -0.444 e. The highest BCUT2D eigenvalue weighted by Crippen LogP contribution is 2.33. The summed E-state index contributed by atoms with van der Waals surface area (Å²) < 4.78 is 19.5. The lowest BCUT2D eigenvalue weighted by atomic mass is 10.1. The van der Waals surface area contributed by atoms with E-state index in [2.05, 4.69) is 32.7 Å². The fraction of sp³-hybridized carbons (Fsp3) is 0.400. The molecule has 0 spiro atoms. The van der Waals surface area contributed by atoms with Crippen molar-refractivity contribution in [3.63, 3.8) is 0 Å². The molecule has 236 valence electrons. The van der Waals surface area contributed by atoms with Gasteiger partial charge in [0.15, 0.2) is 0 Å². The average Bonchev–Trinajstić information content (AvgIpc) is 3.78. The van der Waals surface area contributed by atoms with E-state index in [0.29, 0.717) is 19.6 Å². The number of anilines is 2. The fourth-order valence-corrected chi connectivity index (χ4v) is 6.09. The van der Waals surface area contributed by atoms with Crippen molar-refractivity contribution >= 4 is 34.4 Å². The summed E-state index contributed by atoms with van der Waals surface area (Å²) in [5.74, 6) is 0.474. The third-order valence-electron chi connectivity index (χ3n) is 8.30. The molecule has 2 fully saturated rings. The zero-order valence-electron chi connectivity index (χ0n) is 26.1. The normalized spacial score (nSPS) is 18.4. The van der Waals surface area contributed by atoms with E-state index in [0.717, 1.165) is 71.6 Å². The van der Waals surface area contributed by atoms with Gasteiger partial charge in [-0.25, -0.2) is 14.2 Å². The highest BCUT2D eigenvalue weighted by molar-refractivity contribution is 5.95. The molecule has 6 rings (SSSR count). The molecule has 9 nitrogen and oxygen atoms in total. The molecule has 0 saturated carbocycles. The number of aromatic amines is 1. The Hall–Kier alpha value is -4.44. The molecule has 0 aliphatic carbocycles. The summed E-state index contributed by atoms with van der Waals surface area (Å²) in [5.41, 5.74) is 4.95. The Morgan fingerprint density at radius 3 is 2.44 bits per heavy atom. The first-order valence-corrected chi connectivity index (χ1v) is 15.7.